The molecule has 0 bridgehead atoms. The summed E-state index contributed by atoms with van der Waals surface area (Å²) in [5, 5.41) is 9.43. The molecule has 1 aliphatic heterocycles. The van der Waals surface area contributed by atoms with E-state index in [1.54, 1.807) is 12.4 Å². The summed E-state index contributed by atoms with van der Waals surface area (Å²) in [7, 11) is 0. The number of carbonyl (C=O) groups excluding carboxylic acids is 1. The number of pyridine rings is 1. The van der Waals surface area contributed by atoms with Crippen LogP contribution >= 0.6 is 11.8 Å². The number of hydrogen-bond acceptors (Lipinski definition) is 5. The summed E-state index contributed by atoms with van der Waals surface area (Å²) >= 11 is 1.46. The number of thioether (sulfide) groups is 1. The topological polar surface area (TPSA) is 63.9 Å². The Morgan fingerprint density at radius 3 is 2.47 bits per heavy atom. The third kappa shape index (κ3) is 4.48. The maximum absolute atomic E-state index is 13.6. The van der Waals surface area contributed by atoms with Crippen molar-refractivity contribution in [2.45, 2.75) is 37.1 Å². The molecule has 1 saturated heterocycles. The summed E-state index contributed by atoms with van der Waals surface area (Å²) in [5.74, 6) is 0.842. The fourth-order valence-corrected chi connectivity index (χ4v) is 5.53. The first-order chi connectivity index (χ1) is 16.6. The van der Waals surface area contributed by atoms with Crippen molar-refractivity contribution >= 4 is 17.7 Å². The van der Waals surface area contributed by atoms with Crippen LogP contribution in [-0.4, -0.2) is 43.6 Å². The summed E-state index contributed by atoms with van der Waals surface area (Å²) in [4.78, 5) is 19.9. The molecular formula is C27H27N5OS. The molecule has 0 N–H and O–H groups in total. The van der Waals surface area contributed by atoms with Crippen molar-refractivity contribution in [1.29, 1.82) is 0 Å². The quantitative estimate of drug-likeness (QED) is 0.354. The predicted molar refractivity (Wildman–Crippen MR) is 135 cm³/mol. The summed E-state index contributed by atoms with van der Waals surface area (Å²) in [6.45, 7) is 5.80. The van der Waals surface area contributed by atoms with Crippen LogP contribution in [0.15, 0.2) is 78.2 Å². The normalized spacial score (nSPS) is 14.4. The summed E-state index contributed by atoms with van der Waals surface area (Å²) in [6, 6.07) is 20.2. The van der Waals surface area contributed by atoms with E-state index in [1.165, 1.54) is 17.3 Å². The highest BCUT2D eigenvalue weighted by atomic mass is 32.2. The fourth-order valence-electron chi connectivity index (χ4n) is 4.40. The van der Waals surface area contributed by atoms with Gasteiger partial charge < -0.3 is 4.90 Å². The molecule has 0 radical (unpaired) electrons. The molecule has 7 heteroatoms. The van der Waals surface area contributed by atoms with E-state index in [0.29, 0.717) is 11.0 Å². The zero-order chi connectivity index (χ0) is 23.5. The van der Waals surface area contributed by atoms with Crippen LogP contribution in [0.5, 0.6) is 0 Å². The molecule has 6 nitrogen and oxygen atoms in total. The van der Waals surface area contributed by atoms with Gasteiger partial charge in [-0.25, -0.2) is 0 Å². The van der Waals surface area contributed by atoms with Gasteiger partial charge in [-0.1, -0.05) is 59.8 Å². The predicted octanol–water partition coefficient (Wildman–Crippen LogP) is 5.40. The van der Waals surface area contributed by atoms with E-state index in [9.17, 15) is 4.79 Å². The van der Waals surface area contributed by atoms with E-state index < -0.39 is 5.25 Å². The van der Waals surface area contributed by atoms with Crippen molar-refractivity contribution in [2.75, 3.05) is 13.1 Å². The van der Waals surface area contributed by atoms with Gasteiger partial charge in [-0.3, -0.25) is 14.3 Å². The molecule has 0 unspecified atom stereocenters. The first kappa shape index (κ1) is 22.3. The van der Waals surface area contributed by atoms with E-state index >= 15 is 0 Å². The first-order valence-corrected chi connectivity index (χ1v) is 12.4. The van der Waals surface area contributed by atoms with Crippen molar-refractivity contribution in [3.8, 4) is 17.1 Å². The van der Waals surface area contributed by atoms with Gasteiger partial charge >= 0.3 is 0 Å². The van der Waals surface area contributed by atoms with Crippen LogP contribution in [0, 0.1) is 13.8 Å². The minimum Gasteiger partial charge on any atom is -0.341 e. The molecule has 4 aromatic rings. The van der Waals surface area contributed by atoms with E-state index in [4.69, 9.17) is 0 Å². The lowest BCUT2D eigenvalue weighted by Crippen LogP contribution is -2.31. The number of carbonyl (C=O) groups is 1. The van der Waals surface area contributed by atoms with Crippen molar-refractivity contribution in [1.82, 2.24) is 24.6 Å². The summed E-state index contributed by atoms with van der Waals surface area (Å²) < 4.78 is 2.06. The third-order valence-electron chi connectivity index (χ3n) is 6.11. The largest absolute Gasteiger partial charge is 0.341 e. The van der Waals surface area contributed by atoms with E-state index in [2.05, 4.69) is 51.8 Å². The molecule has 1 aliphatic rings. The van der Waals surface area contributed by atoms with Crippen LogP contribution in [0.1, 0.15) is 34.8 Å². The average Bonchev–Trinajstić information content (AvgIpc) is 3.54. The molecule has 1 atom stereocenters. The van der Waals surface area contributed by atoms with Crippen LogP contribution < -0.4 is 0 Å². The van der Waals surface area contributed by atoms with Crippen LogP contribution in [0.2, 0.25) is 0 Å². The Balaban J connectivity index is 1.62. The van der Waals surface area contributed by atoms with Gasteiger partial charge in [-0.05, 0) is 56.0 Å². The Bertz CT molecular complexity index is 1280. The van der Waals surface area contributed by atoms with Crippen LogP contribution in [0.3, 0.4) is 0 Å². The Hall–Kier alpha value is -3.45. The molecule has 1 fully saturated rings. The molecule has 34 heavy (non-hydrogen) atoms. The standard InChI is InChI=1S/C27H27N5OS/c1-19-12-13-23(20(2)17-19)32-25(22-11-8-14-28-18-22)29-30-27(32)34-24(21-9-4-3-5-10-21)26(33)31-15-6-7-16-31/h3-5,8-14,17-18,24H,6-7,15-16H2,1-2H3/t24-/m0/s1. The van der Waals surface area contributed by atoms with Gasteiger partial charge in [-0.15, -0.1) is 10.2 Å². The van der Waals surface area contributed by atoms with Gasteiger partial charge in [0.05, 0.1) is 5.69 Å². The number of amides is 1. The minimum absolute atomic E-state index is 0.131. The smallest absolute Gasteiger partial charge is 0.240 e. The lowest BCUT2D eigenvalue weighted by molar-refractivity contribution is -0.129. The van der Waals surface area contributed by atoms with Gasteiger partial charge in [0.25, 0.3) is 0 Å². The number of aromatic nitrogens is 4. The monoisotopic (exact) mass is 469 g/mol. The number of hydrogen-bond donors (Lipinski definition) is 0. The summed E-state index contributed by atoms with van der Waals surface area (Å²) in [5.41, 5.74) is 5.16. The Labute approximate surface area is 204 Å². The molecule has 2 aromatic carbocycles. The van der Waals surface area contributed by atoms with Crippen molar-refractivity contribution in [3.63, 3.8) is 0 Å². The van der Waals surface area contributed by atoms with Gasteiger partial charge in [0.2, 0.25) is 5.91 Å². The van der Waals surface area contributed by atoms with Gasteiger partial charge in [-0.2, -0.15) is 0 Å². The summed E-state index contributed by atoms with van der Waals surface area (Å²) in [6.07, 6.45) is 5.66. The number of aryl methyl sites for hydroxylation is 2. The van der Waals surface area contributed by atoms with Gasteiger partial charge in [0.1, 0.15) is 5.25 Å². The van der Waals surface area contributed by atoms with E-state index in [0.717, 1.165) is 48.3 Å². The van der Waals surface area contributed by atoms with Crippen molar-refractivity contribution < 1.29 is 4.79 Å². The number of benzene rings is 2. The van der Waals surface area contributed by atoms with E-state index in [1.807, 2.05) is 47.4 Å². The third-order valence-corrected chi connectivity index (χ3v) is 7.30. The maximum atomic E-state index is 13.6. The Kier molecular flexibility index (Phi) is 6.45. The fraction of sp³-hybridized carbons (Fsp3) is 0.259. The van der Waals surface area contributed by atoms with Crippen LogP contribution in [0.25, 0.3) is 17.1 Å². The zero-order valence-corrected chi connectivity index (χ0v) is 20.2. The first-order valence-electron chi connectivity index (χ1n) is 11.6. The Morgan fingerprint density at radius 1 is 0.971 bits per heavy atom. The highest BCUT2D eigenvalue weighted by Gasteiger charge is 2.31. The minimum atomic E-state index is -0.394. The molecule has 172 valence electrons. The van der Waals surface area contributed by atoms with Crippen LogP contribution in [-0.2, 0) is 4.79 Å². The zero-order valence-electron chi connectivity index (χ0n) is 19.4. The SMILES string of the molecule is Cc1ccc(-n2c(S[C@H](C(=O)N3CCCC3)c3ccccc3)nnc2-c2cccnc2)c(C)c1. The highest BCUT2D eigenvalue weighted by molar-refractivity contribution is 8.00. The number of likely N-dealkylation sites (tertiary alicyclic amines) is 1. The van der Waals surface area contributed by atoms with Crippen LogP contribution in [0.4, 0.5) is 0 Å². The van der Waals surface area contributed by atoms with Crippen molar-refractivity contribution in [2.24, 2.45) is 0 Å². The lowest BCUT2D eigenvalue weighted by atomic mass is 10.1. The maximum Gasteiger partial charge on any atom is 0.240 e. The molecular weight excluding hydrogens is 442 g/mol. The molecule has 5 rings (SSSR count). The second-order valence-electron chi connectivity index (χ2n) is 8.61. The molecule has 2 aromatic heterocycles. The highest BCUT2D eigenvalue weighted by Crippen LogP contribution is 2.39. The van der Waals surface area contributed by atoms with Crippen molar-refractivity contribution in [3.05, 3.63) is 89.7 Å². The lowest BCUT2D eigenvalue weighted by Gasteiger charge is -2.23. The molecule has 0 saturated carbocycles. The van der Waals surface area contributed by atoms with E-state index in [-0.39, 0.29) is 5.91 Å². The number of rotatable bonds is 6. The van der Waals surface area contributed by atoms with Gasteiger partial charge in [0.15, 0.2) is 11.0 Å². The second-order valence-corrected chi connectivity index (χ2v) is 9.69. The second kappa shape index (κ2) is 9.81. The van der Waals surface area contributed by atoms with Gasteiger partial charge in [0, 0.05) is 31.0 Å². The average molecular weight is 470 g/mol. The molecule has 0 spiro atoms. The Morgan fingerprint density at radius 2 is 1.76 bits per heavy atom. The molecule has 3 heterocycles. The number of nitrogens with zero attached hydrogens (tertiary/aromatic N) is 5. The molecule has 1 amide bonds. The molecule has 0 aliphatic carbocycles.